The molecular weight excluding hydrogens is 359 g/mol. The van der Waals surface area contributed by atoms with Gasteiger partial charge in [-0.2, -0.15) is 5.10 Å². The highest BCUT2D eigenvalue weighted by atomic mass is 35.5. The number of nitrogens with zero attached hydrogens (tertiary/aromatic N) is 1. The number of fused-ring (bicyclic) bond motifs is 1. The fourth-order valence-corrected chi connectivity index (χ4v) is 3.20. The Hall–Kier alpha value is -2.04. The first-order chi connectivity index (χ1) is 12.0. The molecule has 25 heavy (non-hydrogen) atoms. The van der Waals surface area contributed by atoms with E-state index in [4.69, 9.17) is 27.9 Å². The third kappa shape index (κ3) is 4.33. The summed E-state index contributed by atoms with van der Waals surface area (Å²) in [5.74, 6) is 0.0750. The second-order valence-corrected chi connectivity index (χ2v) is 6.72. The van der Waals surface area contributed by atoms with Gasteiger partial charge in [0.15, 0.2) is 6.10 Å². The summed E-state index contributed by atoms with van der Waals surface area (Å²) < 4.78 is 5.60. The molecule has 1 atom stereocenters. The molecule has 130 valence electrons. The van der Waals surface area contributed by atoms with E-state index in [0.717, 1.165) is 30.5 Å². The molecule has 1 unspecified atom stereocenters. The minimum absolute atomic E-state index is 0.332. The number of carbonyl (C=O) groups excluding carboxylic acids is 1. The molecule has 0 saturated heterocycles. The van der Waals surface area contributed by atoms with Crippen LogP contribution in [0, 0.1) is 0 Å². The lowest BCUT2D eigenvalue weighted by atomic mass is 9.90. The van der Waals surface area contributed by atoms with Crippen LogP contribution in [0.3, 0.4) is 0 Å². The van der Waals surface area contributed by atoms with Gasteiger partial charge < -0.3 is 4.74 Å². The van der Waals surface area contributed by atoms with Gasteiger partial charge >= 0.3 is 0 Å². The van der Waals surface area contributed by atoms with Crippen LogP contribution in [0.5, 0.6) is 5.75 Å². The summed E-state index contributed by atoms with van der Waals surface area (Å²) in [6.45, 7) is 1.65. The highest BCUT2D eigenvalue weighted by Gasteiger charge is 2.18. The van der Waals surface area contributed by atoms with Crippen LogP contribution < -0.4 is 10.2 Å². The van der Waals surface area contributed by atoms with Gasteiger partial charge in [-0.1, -0.05) is 47.5 Å². The molecule has 3 rings (SSSR count). The highest BCUT2D eigenvalue weighted by molar-refractivity contribution is 6.35. The van der Waals surface area contributed by atoms with Crippen molar-refractivity contribution in [3.63, 3.8) is 0 Å². The number of halogens is 2. The summed E-state index contributed by atoms with van der Waals surface area (Å²) in [7, 11) is 0. The maximum absolute atomic E-state index is 12.3. The number of carbonyl (C=O) groups is 1. The van der Waals surface area contributed by atoms with E-state index in [1.54, 1.807) is 25.1 Å². The number of hydrazone groups is 1. The smallest absolute Gasteiger partial charge is 0.280 e. The van der Waals surface area contributed by atoms with E-state index in [0.29, 0.717) is 15.8 Å². The average Bonchev–Trinajstić information content (AvgIpc) is 2.61. The molecule has 0 spiro atoms. The fraction of sp³-hybridized carbons (Fsp3) is 0.263. The van der Waals surface area contributed by atoms with Gasteiger partial charge in [-0.25, -0.2) is 5.43 Å². The van der Waals surface area contributed by atoms with Gasteiger partial charge in [-0.3, -0.25) is 4.79 Å². The fourth-order valence-electron chi connectivity index (χ4n) is 2.75. The van der Waals surface area contributed by atoms with Crippen molar-refractivity contribution in [1.82, 2.24) is 5.43 Å². The lowest BCUT2D eigenvalue weighted by Gasteiger charge is -2.18. The van der Waals surface area contributed by atoms with Crippen LogP contribution in [0.4, 0.5) is 0 Å². The summed E-state index contributed by atoms with van der Waals surface area (Å²) in [6, 6.07) is 13.0. The van der Waals surface area contributed by atoms with E-state index >= 15 is 0 Å². The van der Waals surface area contributed by atoms with Crippen molar-refractivity contribution in [2.24, 2.45) is 5.10 Å². The maximum atomic E-state index is 12.3. The number of amides is 1. The topological polar surface area (TPSA) is 50.7 Å². The zero-order valence-electron chi connectivity index (χ0n) is 13.8. The van der Waals surface area contributed by atoms with E-state index in [-0.39, 0.29) is 5.91 Å². The van der Waals surface area contributed by atoms with Crippen molar-refractivity contribution >= 4 is 34.8 Å². The summed E-state index contributed by atoms with van der Waals surface area (Å²) >= 11 is 11.9. The Morgan fingerprint density at radius 3 is 2.80 bits per heavy atom. The highest BCUT2D eigenvalue weighted by Crippen LogP contribution is 2.28. The summed E-state index contributed by atoms with van der Waals surface area (Å²) in [6.07, 6.45) is 2.17. The van der Waals surface area contributed by atoms with E-state index in [1.165, 1.54) is 5.56 Å². The first-order valence-corrected chi connectivity index (χ1v) is 8.86. The van der Waals surface area contributed by atoms with Crippen molar-refractivity contribution in [3.8, 4) is 5.75 Å². The maximum Gasteiger partial charge on any atom is 0.280 e. The molecule has 1 amide bonds. The Balaban J connectivity index is 1.66. The van der Waals surface area contributed by atoms with Crippen molar-refractivity contribution in [2.75, 3.05) is 0 Å². The van der Waals surface area contributed by atoms with Gasteiger partial charge in [0.05, 0.1) is 10.7 Å². The van der Waals surface area contributed by atoms with Gasteiger partial charge in [-0.05, 0) is 49.9 Å². The number of ether oxygens (including phenoxy) is 1. The number of aryl methyl sites for hydroxylation is 1. The molecule has 0 saturated carbocycles. The van der Waals surface area contributed by atoms with Crippen molar-refractivity contribution in [3.05, 3.63) is 63.6 Å². The number of nitrogens with one attached hydrogen (secondary N) is 1. The first kappa shape index (κ1) is 17.8. The van der Waals surface area contributed by atoms with Crippen molar-refractivity contribution in [2.45, 2.75) is 32.3 Å². The molecule has 1 aliphatic rings. The molecule has 4 nitrogen and oxygen atoms in total. The number of rotatable bonds is 4. The zero-order chi connectivity index (χ0) is 17.8. The Morgan fingerprint density at radius 1 is 1.20 bits per heavy atom. The average molecular weight is 377 g/mol. The lowest BCUT2D eigenvalue weighted by Crippen LogP contribution is -2.34. The molecule has 0 aliphatic heterocycles. The van der Waals surface area contributed by atoms with E-state index in [9.17, 15) is 4.79 Å². The predicted octanol–water partition coefficient (Wildman–Crippen LogP) is 4.62. The molecular formula is C19H18Cl2N2O2. The second kappa shape index (κ2) is 7.89. The van der Waals surface area contributed by atoms with Gasteiger partial charge in [0.25, 0.3) is 5.91 Å². The zero-order valence-corrected chi connectivity index (χ0v) is 15.3. The van der Waals surface area contributed by atoms with Crippen LogP contribution in [0.15, 0.2) is 47.6 Å². The molecule has 6 heteroatoms. The van der Waals surface area contributed by atoms with E-state index in [2.05, 4.69) is 16.6 Å². The van der Waals surface area contributed by atoms with Crippen LogP contribution in [0.2, 0.25) is 10.0 Å². The van der Waals surface area contributed by atoms with Gasteiger partial charge in [0, 0.05) is 10.6 Å². The number of hydrogen-bond acceptors (Lipinski definition) is 3. The minimum atomic E-state index is -0.734. The summed E-state index contributed by atoms with van der Waals surface area (Å²) in [5, 5.41) is 5.18. The quantitative estimate of drug-likeness (QED) is 0.791. The van der Waals surface area contributed by atoms with E-state index < -0.39 is 6.10 Å². The molecule has 0 bridgehead atoms. The van der Waals surface area contributed by atoms with Crippen LogP contribution in [-0.4, -0.2) is 17.7 Å². The van der Waals surface area contributed by atoms with Gasteiger partial charge in [0.2, 0.25) is 0 Å². The summed E-state index contributed by atoms with van der Waals surface area (Å²) in [4.78, 5) is 12.3. The SMILES string of the molecule is CC(Oc1ccc(Cl)cc1Cl)C(=O)NN=C1CCCc2ccccc21. The molecule has 2 aromatic carbocycles. The molecule has 1 N–H and O–H groups in total. The standard InChI is InChI=1S/C19H18Cl2N2O2/c1-12(25-18-10-9-14(20)11-16(18)21)19(24)23-22-17-8-4-6-13-5-2-3-7-15(13)17/h2-3,5,7,9-12H,4,6,8H2,1H3,(H,23,24). The molecule has 2 aromatic rings. The van der Waals surface area contributed by atoms with E-state index in [1.807, 2.05) is 18.2 Å². The van der Waals surface area contributed by atoms with Crippen molar-refractivity contribution in [1.29, 1.82) is 0 Å². The predicted molar refractivity (Wildman–Crippen MR) is 101 cm³/mol. The summed E-state index contributed by atoms with van der Waals surface area (Å²) in [5.41, 5.74) is 5.86. The molecule has 0 radical (unpaired) electrons. The Morgan fingerprint density at radius 2 is 2.00 bits per heavy atom. The Kier molecular flexibility index (Phi) is 5.61. The van der Waals surface area contributed by atoms with Crippen LogP contribution in [-0.2, 0) is 11.2 Å². The first-order valence-electron chi connectivity index (χ1n) is 8.11. The Labute approximate surface area is 156 Å². The molecule has 0 aromatic heterocycles. The third-order valence-corrected chi connectivity index (χ3v) is 4.59. The van der Waals surface area contributed by atoms with Crippen LogP contribution in [0.25, 0.3) is 0 Å². The largest absolute Gasteiger partial charge is 0.479 e. The third-order valence-electron chi connectivity index (χ3n) is 4.06. The van der Waals surface area contributed by atoms with Crippen molar-refractivity contribution < 1.29 is 9.53 Å². The minimum Gasteiger partial charge on any atom is -0.479 e. The Bertz CT molecular complexity index is 821. The van der Waals surface area contributed by atoms with Gasteiger partial charge in [0.1, 0.15) is 5.75 Å². The lowest BCUT2D eigenvalue weighted by molar-refractivity contribution is -0.127. The molecule has 0 fully saturated rings. The molecule has 0 heterocycles. The van der Waals surface area contributed by atoms with Crippen LogP contribution in [0.1, 0.15) is 30.9 Å². The molecule has 1 aliphatic carbocycles. The second-order valence-electron chi connectivity index (χ2n) is 5.88. The normalized spacial score (nSPS) is 16.2. The number of benzene rings is 2. The van der Waals surface area contributed by atoms with Crippen LogP contribution >= 0.6 is 23.2 Å². The number of hydrogen-bond donors (Lipinski definition) is 1. The van der Waals surface area contributed by atoms with Gasteiger partial charge in [-0.15, -0.1) is 0 Å². The monoisotopic (exact) mass is 376 g/mol.